The lowest BCUT2D eigenvalue weighted by Gasteiger charge is -2.26. The summed E-state index contributed by atoms with van der Waals surface area (Å²) < 4.78 is 23.6. The smallest absolute Gasteiger partial charge is 0.240 e. The van der Waals surface area contributed by atoms with E-state index in [0.29, 0.717) is 25.9 Å². The predicted octanol–water partition coefficient (Wildman–Crippen LogP) is -0.487. The molecule has 2 fully saturated rings. The largest absolute Gasteiger partial charge is 0.340 e. The zero-order valence-electron chi connectivity index (χ0n) is 9.26. The molecule has 0 aliphatic carbocycles. The fourth-order valence-electron chi connectivity index (χ4n) is 2.42. The summed E-state index contributed by atoms with van der Waals surface area (Å²) >= 11 is 0. The molecule has 5 nitrogen and oxygen atoms in total. The minimum Gasteiger partial charge on any atom is -0.340 e. The first-order chi connectivity index (χ1) is 7.50. The second-order valence-electron chi connectivity index (χ2n) is 4.68. The standard InChI is InChI=1S/C10H18N2O3S/c11-8-4-5-12(7-8)10(13)9-3-1-2-6-16(9,14)15/h8-9H,1-7,11H2/t8-,9?/m0/s1. The van der Waals surface area contributed by atoms with Crippen LogP contribution in [0.25, 0.3) is 0 Å². The van der Waals surface area contributed by atoms with Gasteiger partial charge in [-0.05, 0) is 19.3 Å². The minimum absolute atomic E-state index is 0.00949. The molecule has 92 valence electrons. The quantitative estimate of drug-likeness (QED) is 0.677. The van der Waals surface area contributed by atoms with Gasteiger partial charge in [-0.3, -0.25) is 4.79 Å². The third-order valence-electron chi connectivity index (χ3n) is 3.39. The van der Waals surface area contributed by atoms with Crippen LogP contribution in [0.5, 0.6) is 0 Å². The first kappa shape index (κ1) is 11.9. The highest BCUT2D eigenvalue weighted by atomic mass is 32.2. The lowest BCUT2D eigenvalue weighted by molar-refractivity contribution is -0.129. The number of rotatable bonds is 1. The first-order valence-corrected chi connectivity index (χ1v) is 7.48. The number of hydrogen-bond donors (Lipinski definition) is 1. The van der Waals surface area contributed by atoms with Crippen molar-refractivity contribution in [3.05, 3.63) is 0 Å². The van der Waals surface area contributed by atoms with Crippen LogP contribution in [-0.2, 0) is 14.6 Å². The lowest BCUT2D eigenvalue weighted by Crippen LogP contribution is -2.45. The van der Waals surface area contributed by atoms with E-state index in [1.165, 1.54) is 0 Å². The Morgan fingerprint density at radius 2 is 2.00 bits per heavy atom. The van der Waals surface area contributed by atoms with Gasteiger partial charge in [0.05, 0.1) is 5.75 Å². The summed E-state index contributed by atoms with van der Waals surface area (Å²) in [4.78, 5) is 13.7. The van der Waals surface area contributed by atoms with Gasteiger partial charge in [0.1, 0.15) is 5.25 Å². The Bertz CT molecular complexity index is 380. The van der Waals surface area contributed by atoms with Gasteiger partial charge in [0.2, 0.25) is 5.91 Å². The Hall–Kier alpha value is -0.620. The van der Waals surface area contributed by atoms with E-state index in [1.807, 2.05) is 0 Å². The molecule has 0 aromatic heterocycles. The Morgan fingerprint density at radius 1 is 1.25 bits per heavy atom. The van der Waals surface area contributed by atoms with E-state index in [-0.39, 0.29) is 17.7 Å². The molecule has 0 aromatic rings. The topological polar surface area (TPSA) is 80.5 Å². The summed E-state index contributed by atoms with van der Waals surface area (Å²) in [6.07, 6.45) is 2.77. The molecule has 1 unspecified atom stereocenters. The molecular weight excluding hydrogens is 228 g/mol. The molecule has 2 aliphatic rings. The molecule has 2 atom stereocenters. The average Bonchev–Trinajstić information content (AvgIpc) is 2.63. The van der Waals surface area contributed by atoms with Crippen LogP contribution < -0.4 is 5.73 Å². The van der Waals surface area contributed by atoms with Gasteiger partial charge < -0.3 is 10.6 Å². The Balaban J connectivity index is 2.09. The maximum absolute atomic E-state index is 12.1. The summed E-state index contributed by atoms with van der Waals surface area (Å²) in [7, 11) is -3.21. The van der Waals surface area contributed by atoms with Gasteiger partial charge in [-0.25, -0.2) is 8.42 Å². The van der Waals surface area contributed by atoms with Gasteiger partial charge >= 0.3 is 0 Å². The maximum atomic E-state index is 12.1. The second kappa shape index (κ2) is 4.33. The molecule has 2 saturated heterocycles. The fourth-order valence-corrected chi connectivity index (χ4v) is 4.30. The molecule has 6 heteroatoms. The molecule has 0 spiro atoms. The third-order valence-corrected chi connectivity index (χ3v) is 5.55. The number of carbonyl (C=O) groups excluding carboxylic acids is 1. The molecule has 2 N–H and O–H groups in total. The van der Waals surface area contributed by atoms with E-state index in [4.69, 9.17) is 5.73 Å². The molecule has 0 saturated carbocycles. The van der Waals surface area contributed by atoms with Crippen molar-refractivity contribution in [1.29, 1.82) is 0 Å². The maximum Gasteiger partial charge on any atom is 0.240 e. The number of likely N-dealkylation sites (tertiary alicyclic amines) is 1. The number of hydrogen-bond acceptors (Lipinski definition) is 4. The summed E-state index contributed by atoms with van der Waals surface area (Å²) in [6.45, 7) is 1.11. The molecule has 1 amide bonds. The number of amides is 1. The molecule has 2 heterocycles. The molecule has 0 radical (unpaired) electrons. The van der Waals surface area contributed by atoms with E-state index < -0.39 is 15.1 Å². The van der Waals surface area contributed by atoms with Crippen molar-refractivity contribution in [2.75, 3.05) is 18.8 Å². The second-order valence-corrected chi connectivity index (χ2v) is 6.99. The number of nitrogens with zero attached hydrogens (tertiary/aromatic N) is 1. The van der Waals surface area contributed by atoms with Crippen LogP contribution in [0.2, 0.25) is 0 Å². The van der Waals surface area contributed by atoms with Gasteiger partial charge in [-0.1, -0.05) is 6.42 Å². The average molecular weight is 246 g/mol. The SMILES string of the molecule is N[C@H]1CCN(C(=O)C2CCCCS2(=O)=O)C1. The van der Waals surface area contributed by atoms with Crippen molar-refractivity contribution >= 4 is 15.7 Å². The van der Waals surface area contributed by atoms with Crippen LogP contribution in [0.1, 0.15) is 25.7 Å². The summed E-state index contributed by atoms with van der Waals surface area (Å²) in [5.41, 5.74) is 5.72. The molecule has 2 rings (SSSR count). The molecular formula is C10H18N2O3S. The van der Waals surface area contributed by atoms with Gasteiger partial charge in [-0.15, -0.1) is 0 Å². The predicted molar refractivity (Wildman–Crippen MR) is 60.6 cm³/mol. The van der Waals surface area contributed by atoms with Crippen LogP contribution in [0.15, 0.2) is 0 Å². The van der Waals surface area contributed by atoms with E-state index in [1.54, 1.807) is 4.90 Å². The number of nitrogens with two attached hydrogens (primary N) is 1. The van der Waals surface area contributed by atoms with E-state index in [9.17, 15) is 13.2 Å². The number of sulfone groups is 1. The van der Waals surface area contributed by atoms with Crippen molar-refractivity contribution < 1.29 is 13.2 Å². The van der Waals surface area contributed by atoms with E-state index in [0.717, 1.165) is 12.8 Å². The highest BCUT2D eigenvalue weighted by Gasteiger charge is 2.38. The molecule has 16 heavy (non-hydrogen) atoms. The van der Waals surface area contributed by atoms with Crippen molar-refractivity contribution in [3.8, 4) is 0 Å². The zero-order chi connectivity index (χ0) is 11.8. The highest BCUT2D eigenvalue weighted by molar-refractivity contribution is 7.92. The zero-order valence-corrected chi connectivity index (χ0v) is 10.1. The van der Waals surface area contributed by atoms with Gasteiger partial charge in [0, 0.05) is 19.1 Å². The van der Waals surface area contributed by atoms with Crippen molar-refractivity contribution in [2.24, 2.45) is 5.73 Å². The Morgan fingerprint density at radius 3 is 2.56 bits per heavy atom. The minimum atomic E-state index is -3.21. The highest BCUT2D eigenvalue weighted by Crippen LogP contribution is 2.22. The van der Waals surface area contributed by atoms with Crippen LogP contribution in [0, 0.1) is 0 Å². The Kier molecular flexibility index (Phi) is 3.21. The van der Waals surface area contributed by atoms with Gasteiger partial charge in [-0.2, -0.15) is 0 Å². The number of carbonyl (C=O) groups is 1. The normalized spacial score (nSPS) is 33.9. The molecule has 0 aromatic carbocycles. The van der Waals surface area contributed by atoms with Crippen LogP contribution in [0.4, 0.5) is 0 Å². The van der Waals surface area contributed by atoms with E-state index >= 15 is 0 Å². The summed E-state index contributed by atoms with van der Waals surface area (Å²) in [5, 5.41) is -0.799. The van der Waals surface area contributed by atoms with Crippen LogP contribution in [0.3, 0.4) is 0 Å². The van der Waals surface area contributed by atoms with Crippen LogP contribution in [-0.4, -0.2) is 49.4 Å². The third kappa shape index (κ3) is 2.22. The molecule has 0 bridgehead atoms. The van der Waals surface area contributed by atoms with Crippen LogP contribution >= 0.6 is 0 Å². The Labute approximate surface area is 95.9 Å². The summed E-state index contributed by atoms with van der Waals surface area (Å²) in [5.74, 6) is -0.0730. The lowest BCUT2D eigenvalue weighted by atomic mass is 10.2. The van der Waals surface area contributed by atoms with Crippen molar-refractivity contribution in [2.45, 2.75) is 37.0 Å². The van der Waals surface area contributed by atoms with Gasteiger partial charge in [0.25, 0.3) is 0 Å². The summed E-state index contributed by atoms with van der Waals surface area (Å²) in [6, 6.07) is 0.00949. The van der Waals surface area contributed by atoms with E-state index in [2.05, 4.69) is 0 Å². The van der Waals surface area contributed by atoms with Crippen molar-refractivity contribution in [3.63, 3.8) is 0 Å². The fraction of sp³-hybridized carbons (Fsp3) is 0.900. The monoisotopic (exact) mass is 246 g/mol. The first-order valence-electron chi connectivity index (χ1n) is 5.76. The molecule has 2 aliphatic heterocycles. The van der Waals surface area contributed by atoms with Gasteiger partial charge in [0.15, 0.2) is 9.84 Å². The van der Waals surface area contributed by atoms with Crippen molar-refractivity contribution in [1.82, 2.24) is 4.90 Å².